The predicted octanol–water partition coefficient (Wildman–Crippen LogP) is -0.370. The molecule has 3 N–H and O–H groups in total. The summed E-state index contributed by atoms with van der Waals surface area (Å²) in [7, 11) is 0. The van der Waals surface area contributed by atoms with E-state index >= 15 is 0 Å². The van der Waals surface area contributed by atoms with Gasteiger partial charge in [0.15, 0.2) is 5.82 Å². The molecular formula is C8H12N4O. The van der Waals surface area contributed by atoms with Crippen LogP contribution in [0.25, 0.3) is 0 Å². The van der Waals surface area contributed by atoms with E-state index in [0.29, 0.717) is 24.6 Å². The van der Waals surface area contributed by atoms with Crippen LogP contribution in [0.5, 0.6) is 0 Å². The van der Waals surface area contributed by atoms with Gasteiger partial charge in [-0.2, -0.15) is 0 Å². The average Bonchev–Trinajstić information content (AvgIpc) is 2.01. The van der Waals surface area contributed by atoms with Gasteiger partial charge in [-0.3, -0.25) is 0 Å². The summed E-state index contributed by atoms with van der Waals surface area (Å²) in [6, 6.07) is 0. The smallest absolute Gasteiger partial charge is 0.155 e. The minimum atomic E-state index is -0.600. The third-order valence-corrected chi connectivity index (χ3v) is 2.08. The van der Waals surface area contributed by atoms with E-state index in [4.69, 9.17) is 5.73 Å². The molecule has 13 heavy (non-hydrogen) atoms. The van der Waals surface area contributed by atoms with Crippen LogP contribution in [0.2, 0.25) is 0 Å². The van der Waals surface area contributed by atoms with E-state index in [1.165, 1.54) is 6.33 Å². The van der Waals surface area contributed by atoms with Gasteiger partial charge >= 0.3 is 0 Å². The van der Waals surface area contributed by atoms with Crippen molar-refractivity contribution >= 4 is 11.5 Å². The molecule has 0 atom stereocenters. The Balaban J connectivity index is 2.16. The van der Waals surface area contributed by atoms with Crippen molar-refractivity contribution in [1.29, 1.82) is 0 Å². The molecule has 5 heteroatoms. The van der Waals surface area contributed by atoms with E-state index in [-0.39, 0.29) is 0 Å². The fourth-order valence-electron chi connectivity index (χ4n) is 1.52. The van der Waals surface area contributed by atoms with Crippen molar-refractivity contribution in [2.45, 2.75) is 12.5 Å². The first-order valence-corrected chi connectivity index (χ1v) is 4.11. The Morgan fingerprint density at radius 1 is 1.62 bits per heavy atom. The Morgan fingerprint density at radius 3 is 2.85 bits per heavy atom. The summed E-state index contributed by atoms with van der Waals surface area (Å²) in [6.07, 6.45) is 3.02. The predicted molar refractivity (Wildman–Crippen MR) is 49.3 cm³/mol. The summed E-state index contributed by atoms with van der Waals surface area (Å²) >= 11 is 0. The molecule has 5 nitrogen and oxygen atoms in total. The van der Waals surface area contributed by atoms with Gasteiger partial charge < -0.3 is 15.7 Å². The zero-order valence-electron chi connectivity index (χ0n) is 7.44. The number of aliphatic hydroxyl groups is 1. The lowest BCUT2D eigenvalue weighted by molar-refractivity contribution is 0.0306. The molecule has 0 bridgehead atoms. The monoisotopic (exact) mass is 180 g/mol. The highest BCUT2D eigenvalue weighted by Crippen LogP contribution is 2.28. The first kappa shape index (κ1) is 8.25. The largest absolute Gasteiger partial charge is 0.394 e. The van der Waals surface area contributed by atoms with Crippen LogP contribution in [0.4, 0.5) is 11.5 Å². The number of nitrogen functional groups attached to an aromatic ring is 1. The quantitative estimate of drug-likeness (QED) is 0.616. The molecule has 1 aliphatic rings. The van der Waals surface area contributed by atoms with Gasteiger partial charge in [-0.25, -0.2) is 9.97 Å². The third-order valence-electron chi connectivity index (χ3n) is 2.08. The van der Waals surface area contributed by atoms with Gasteiger partial charge in [0.2, 0.25) is 0 Å². The van der Waals surface area contributed by atoms with Crippen LogP contribution < -0.4 is 10.6 Å². The maximum atomic E-state index is 9.51. The normalized spacial score (nSPS) is 19.7. The van der Waals surface area contributed by atoms with Crippen LogP contribution in [-0.2, 0) is 0 Å². The molecule has 0 aromatic carbocycles. The minimum absolute atomic E-state index is 0.554. The van der Waals surface area contributed by atoms with E-state index in [2.05, 4.69) is 9.97 Å². The Bertz CT molecular complexity index is 318. The van der Waals surface area contributed by atoms with Gasteiger partial charge in [0.25, 0.3) is 0 Å². The number of hydrogen-bond acceptors (Lipinski definition) is 5. The molecule has 1 fully saturated rings. The molecule has 1 aliphatic heterocycles. The lowest BCUT2D eigenvalue weighted by Gasteiger charge is -2.45. The number of β-amino-alcohol motifs (C(OH)–C–C–N with tert-alkyl or cyclic N) is 1. The lowest BCUT2D eigenvalue weighted by atomic mass is 9.97. The minimum Gasteiger partial charge on any atom is -0.394 e. The summed E-state index contributed by atoms with van der Waals surface area (Å²) < 4.78 is 0. The van der Waals surface area contributed by atoms with Crippen molar-refractivity contribution in [2.75, 3.05) is 23.7 Å². The molecular weight excluding hydrogens is 168 g/mol. The summed E-state index contributed by atoms with van der Waals surface area (Å²) in [4.78, 5) is 9.77. The van der Waals surface area contributed by atoms with Crippen LogP contribution in [-0.4, -0.2) is 33.8 Å². The highest BCUT2D eigenvalue weighted by Gasteiger charge is 2.37. The summed E-state index contributed by atoms with van der Waals surface area (Å²) in [5.41, 5.74) is 5.63. The van der Waals surface area contributed by atoms with E-state index in [1.807, 2.05) is 4.90 Å². The molecule has 1 aromatic rings. The molecule has 70 valence electrons. The average molecular weight is 180 g/mol. The van der Waals surface area contributed by atoms with Gasteiger partial charge in [-0.15, -0.1) is 0 Å². The number of hydrogen-bond donors (Lipinski definition) is 2. The third kappa shape index (κ3) is 1.42. The molecule has 0 radical (unpaired) electrons. The highest BCUT2D eigenvalue weighted by molar-refractivity contribution is 5.62. The zero-order valence-corrected chi connectivity index (χ0v) is 7.44. The van der Waals surface area contributed by atoms with Gasteiger partial charge in [0.05, 0.1) is 17.5 Å². The Labute approximate surface area is 76.2 Å². The molecule has 0 saturated carbocycles. The summed E-state index contributed by atoms with van der Waals surface area (Å²) in [6.45, 7) is 2.95. The Morgan fingerprint density at radius 2 is 2.31 bits per heavy atom. The molecule has 0 aliphatic carbocycles. The second-order valence-corrected chi connectivity index (χ2v) is 3.65. The molecule has 2 heterocycles. The lowest BCUT2D eigenvalue weighted by Crippen LogP contribution is -2.60. The van der Waals surface area contributed by atoms with Crippen LogP contribution >= 0.6 is 0 Å². The fraction of sp³-hybridized carbons (Fsp3) is 0.500. The van der Waals surface area contributed by atoms with Crippen molar-refractivity contribution in [2.24, 2.45) is 0 Å². The maximum Gasteiger partial charge on any atom is 0.155 e. The van der Waals surface area contributed by atoms with E-state index in [1.54, 1.807) is 13.1 Å². The zero-order chi connectivity index (χ0) is 9.47. The number of nitrogens with two attached hydrogens (primary N) is 1. The number of anilines is 2. The van der Waals surface area contributed by atoms with Crippen molar-refractivity contribution in [3.05, 3.63) is 12.5 Å². The topological polar surface area (TPSA) is 75.3 Å². The van der Waals surface area contributed by atoms with Crippen molar-refractivity contribution in [3.8, 4) is 0 Å². The van der Waals surface area contributed by atoms with E-state index < -0.39 is 5.60 Å². The van der Waals surface area contributed by atoms with Gasteiger partial charge in [-0.05, 0) is 6.92 Å². The maximum absolute atomic E-state index is 9.51. The number of aromatic nitrogens is 2. The molecule has 2 rings (SSSR count). The van der Waals surface area contributed by atoms with Gasteiger partial charge in [0, 0.05) is 13.1 Å². The van der Waals surface area contributed by atoms with Crippen molar-refractivity contribution in [3.63, 3.8) is 0 Å². The van der Waals surface area contributed by atoms with Gasteiger partial charge in [0.1, 0.15) is 6.33 Å². The SMILES string of the molecule is CC1(O)CN(c2ncncc2N)C1. The Kier molecular flexibility index (Phi) is 1.63. The number of rotatable bonds is 1. The Hall–Kier alpha value is -1.36. The van der Waals surface area contributed by atoms with E-state index in [0.717, 1.165) is 0 Å². The summed E-state index contributed by atoms with van der Waals surface area (Å²) in [5, 5.41) is 9.51. The summed E-state index contributed by atoms with van der Waals surface area (Å²) in [5.74, 6) is 0.710. The standard InChI is InChI=1S/C8H12N4O/c1-8(13)3-12(4-8)7-6(9)2-10-5-11-7/h2,5,13H,3-4,9H2,1H3. The van der Waals surface area contributed by atoms with E-state index in [9.17, 15) is 5.11 Å². The van der Waals surface area contributed by atoms with Crippen LogP contribution in [0.1, 0.15) is 6.92 Å². The first-order valence-electron chi connectivity index (χ1n) is 4.11. The molecule has 0 unspecified atom stereocenters. The molecule has 1 aromatic heterocycles. The molecule has 0 spiro atoms. The first-order chi connectivity index (χ1) is 6.08. The molecule has 0 amide bonds. The van der Waals surface area contributed by atoms with Crippen molar-refractivity contribution in [1.82, 2.24) is 9.97 Å². The molecule has 1 saturated heterocycles. The highest BCUT2D eigenvalue weighted by atomic mass is 16.3. The van der Waals surface area contributed by atoms with Crippen molar-refractivity contribution < 1.29 is 5.11 Å². The van der Waals surface area contributed by atoms with Gasteiger partial charge in [-0.1, -0.05) is 0 Å². The number of nitrogens with zero attached hydrogens (tertiary/aromatic N) is 3. The fourth-order valence-corrected chi connectivity index (χ4v) is 1.52. The van der Waals surface area contributed by atoms with Crippen LogP contribution in [0, 0.1) is 0 Å². The van der Waals surface area contributed by atoms with Crippen LogP contribution in [0.3, 0.4) is 0 Å². The second-order valence-electron chi connectivity index (χ2n) is 3.65. The van der Waals surface area contributed by atoms with Crippen LogP contribution in [0.15, 0.2) is 12.5 Å². The second kappa shape index (κ2) is 2.56.